The zero-order valence-electron chi connectivity index (χ0n) is 14.7. The lowest BCUT2D eigenvalue weighted by atomic mass is 10.2. The van der Waals surface area contributed by atoms with Gasteiger partial charge in [-0.1, -0.05) is 29.8 Å². The first-order chi connectivity index (χ1) is 13.5. The van der Waals surface area contributed by atoms with Crippen molar-refractivity contribution in [3.63, 3.8) is 0 Å². The molecule has 0 aliphatic carbocycles. The van der Waals surface area contributed by atoms with Crippen molar-refractivity contribution in [2.75, 3.05) is 17.7 Å². The van der Waals surface area contributed by atoms with Crippen LogP contribution >= 0.6 is 11.6 Å². The molecule has 0 atom stereocenters. The van der Waals surface area contributed by atoms with E-state index < -0.39 is 17.7 Å². The number of aromatic nitrogens is 1. The van der Waals surface area contributed by atoms with E-state index in [4.69, 9.17) is 16.3 Å². The summed E-state index contributed by atoms with van der Waals surface area (Å²) in [6.45, 7) is 0. The van der Waals surface area contributed by atoms with E-state index in [0.29, 0.717) is 22.8 Å². The lowest BCUT2D eigenvalue weighted by Crippen LogP contribution is -2.14. The molecule has 0 aliphatic rings. The first-order valence-electron chi connectivity index (χ1n) is 8.15. The maximum atomic E-state index is 13.8. The number of esters is 1. The minimum atomic E-state index is -0.712. The fraction of sp³-hybridized carbons (Fsp3) is 0.0500. The lowest BCUT2D eigenvalue weighted by Gasteiger charge is -2.11. The van der Waals surface area contributed by atoms with Crippen molar-refractivity contribution in [1.82, 2.24) is 4.98 Å². The second-order valence-corrected chi connectivity index (χ2v) is 6.05. The highest BCUT2D eigenvalue weighted by atomic mass is 35.5. The lowest BCUT2D eigenvalue weighted by molar-refractivity contribution is 0.0601. The summed E-state index contributed by atoms with van der Waals surface area (Å²) in [5, 5.41) is 5.57. The second-order valence-electron chi connectivity index (χ2n) is 5.65. The Bertz CT molecular complexity index is 1010. The van der Waals surface area contributed by atoms with E-state index in [1.807, 2.05) is 0 Å². The maximum absolute atomic E-state index is 13.8. The molecular formula is C20H15ClFN3O3. The van der Waals surface area contributed by atoms with Crippen LogP contribution in [0.15, 0.2) is 60.8 Å². The molecule has 0 saturated carbocycles. The van der Waals surface area contributed by atoms with Crippen LogP contribution in [-0.2, 0) is 4.74 Å². The van der Waals surface area contributed by atoms with Gasteiger partial charge in [-0.2, -0.15) is 0 Å². The molecule has 1 amide bonds. The SMILES string of the molecule is COC(=O)c1ccccc1Nc1ccc(NC(=O)c2c(F)cccc2Cl)cn1. The summed E-state index contributed by atoms with van der Waals surface area (Å²) in [6, 6.07) is 14.0. The van der Waals surface area contributed by atoms with Gasteiger partial charge in [0.25, 0.3) is 5.91 Å². The van der Waals surface area contributed by atoms with Crippen molar-refractivity contribution in [2.45, 2.75) is 0 Å². The Hall–Kier alpha value is -3.45. The summed E-state index contributed by atoms with van der Waals surface area (Å²) in [6.07, 6.45) is 1.40. The van der Waals surface area contributed by atoms with Gasteiger partial charge in [-0.3, -0.25) is 4.79 Å². The Morgan fingerprint density at radius 2 is 1.86 bits per heavy atom. The number of para-hydroxylation sites is 1. The van der Waals surface area contributed by atoms with Crippen LogP contribution in [0, 0.1) is 5.82 Å². The summed E-state index contributed by atoms with van der Waals surface area (Å²) in [7, 11) is 1.30. The minimum Gasteiger partial charge on any atom is -0.465 e. The Kier molecular flexibility index (Phi) is 5.86. The highest BCUT2D eigenvalue weighted by Gasteiger charge is 2.16. The number of benzene rings is 2. The van der Waals surface area contributed by atoms with Gasteiger partial charge in [0.15, 0.2) is 0 Å². The van der Waals surface area contributed by atoms with E-state index in [2.05, 4.69) is 15.6 Å². The molecule has 6 nitrogen and oxygen atoms in total. The first kappa shape index (κ1) is 19.3. The average molecular weight is 400 g/mol. The topological polar surface area (TPSA) is 80.3 Å². The van der Waals surface area contributed by atoms with Crippen LogP contribution in [0.1, 0.15) is 20.7 Å². The Morgan fingerprint density at radius 1 is 1.07 bits per heavy atom. The van der Waals surface area contributed by atoms with Gasteiger partial charge >= 0.3 is 5.97 Å². The van der Waals surface area contributed by atoms with Crippen LogP contribution in [0.4, 0.5) is 21.6 Å². The molecule has 0 fully saturated rings. The van der Waals surface area contributed by atoms with Gasteiger partial charge in [0.2, 0.25) is 0 Å². The van der Waals surface area contributed by atoms with Crippen LogP contribution in [-0.4, -0.2) is 24.0 Å². The van der Waals surface area contributed by atoms with Gasteiger partial charge in [0.1, 0.15) is 11.6 Å². The number of anilines is 3. The molecule has 0 unspecified atom stereocenters. The van der Waals surface area contributed by atoms with Crippen molar-refractivity contribution in [2.24, 2.45) is 0 Å². The standard InChI is InChI=1S/C20H15ClFN3O3/c1-28-20(27)13-5-2-3-8-16(13)25-17-10-9-12(11-23-17)24-19(26)18-14(21)6-4-7-15(18)22/h2-11H,1H3,(H,23,25)(H,24,26). The summed E-state index contributed by atoms with van der Waals surface area (Å²) >= 11 is 5.89. The van der Waals surface area contributed by atoms with Gasteiger partial charge in [0.05, 0.1) is 40.8 Å². The van der Waals surface area contributed by atoms with Crippen molar-refractivity contribution in [3.05, 3.63) is 82.8 Å². The summed E-state index contributed by atoms with van der Waals surface area (Å²) < 4.78 is 18.6. The predicted molar refractivity (Wildman–Crippen MR) is 105 cm³/mol. The van der Waals surface area contributed by atoms with Crippen LogP contribution in [0.25, 0.3) is 0 Å². The summed E-state index contributed by atoms with van der Waals surface area (Å²) in [5.74, 6) is -1.43. The Labute approximate surface area is 165 Å². The third-order valence-electron chi connectivity index (χ3n) is 3.81. The highest BCUT2D eigenvalue weighted by Crippen LogP contribution is 2.23. The number of ether oxygens (including phenoxy) is 1. The highest BCUT2D eigenvalue weighted by molar-refractivity contribution is 6.34. The van der Waals surface area contributed by atoms with Crippen LogP contribution in [0.3, 0.4) is 0 Å². The third-order valence-corrected chi connectivity index (χ3v) is 4.12. The zero-order valence-corrected chi connectivity index (χ0v) is 15.5. The van der Waals surface area contributed by atoms with E-state index in [1.54, 1.807) is 36.4 Å². The summed E-state index contributed by atoms with van der Waals surface area (Å²) in [5.41, 5.74) is 1.00. The molecule has 142 valence electrons. The molecule has 0 spiro atoms. The number of methoxy groups -OCH3 is 1. The van der Waals surface area contributed by atoms with Gasteiger partial charge in [0, 0.05) is 0 Å². The molecule has 0 radical (unpaired) electrons. The van der Waals surface area contributed by atoms with Gasteiger partial charge in [-0.05, 0) is 36.4 Å². The van der Waals surface area contributed by atoms with Gasteiger partial charge in [-0.25, -0.2) is 14.2 Å². The van der Waals surface area contributed by atoms with Gasteiger partial charge in [-0.15, -0.1) is 0 Å². The molecule has 8 heteroatoms. The van der Waals surface area contributed by atoms with Crippen LogP contribution in [0.5, 0.6) is 0 Å². The number of hydrogen-bond donors (Lipinski definition) is 2. The molecule has 1 aromatic heterocycles. The van der Waals surface area contributed by atoms with Crippen LogP contribution < -0.4 is 10.6 Å². The number of nitrogens with zero attached hydrogens (tertiary/aromatic N) is 1. The van der Waals surface area contributed by atoms with Crippen LogP contribution in [0.2, 0.25) is 5.02 Å². The molecule has 0 saturated heterocycles. The van der Waals surface area contributed by atoms with Crippen molar-refractivity contribution in [1.29, 1.82) is 0 Å². The van der Waals surface area contributed by atoms with E-state index in [1.165, 1.54) is 25.4 Å². The largest absolute Gasteiger partial charge is 0.465 e. The molecule has 0 aliphatic heterocycles. The van der Waals surface area contributed by atoms with E-state index in [9.17, 15) is 14.0 Å². The molecule has 3 rings (SSSR count). The number of halogens is 2. The molecule has 3 aromatic rings. The fourth-order valence-corrected chi connectivity index (χ4v) is 2.72. The monoisotopic (exact) mass is 399 g/mol. The quantitative estimate of drug-likeness (QED) is 0.610. The van der Waals surface area contributed by atoms with E-state index in [0.717, 1.165) is 6.07 Å². The zero-order chi connectivity index (χ0) is 20.1. The molecular weight excluding hydrogens is 385 g/mol. The number of hydrogen-bond acceptors (Lipinski definition) is 5. The number of carbonyl (C=O) groups excluding carboxylic acids is 2. The number of pyridine rings is 1. The number of nitrogens with one attached hydrogen (secondary N) is 2. The molecule has 1 heterocycles. The molecule has 28 heavy (non-hydrogen) atoms. The Morgan fingerprint density at radius 3 is 2.54 bits per heavy atom. The fourth-order valence-electron chi connectivity index (χ4n) is 2.47. The molecule has 0 bridgehead atoms. The maximum Gasteiger partial charge on any atom is 0.339 e. The third kappa shape index (κ3) is 4.27. The second kappa shape index (κ2) is 8.49. The van der Waals surface area contributed by atoms with Crippen molar-refractivity contribution >= 4 is 40.7 Å². The van der Waals surface area contributed by atoms with E-state index in [-0.39, 0.29) is 10.6 Å². The summed E-state index contributed by atoms with van der Waals surface area (Å²) in [4.78, 5) is 28.3. The number of amides is 1. The Balaban J connectivity index is 1.74. The van der Waals surface area contributed by atoms with Crippen molar-refractivity contribution < 1.29 is 18.7 Å². The minimum absolute atomic E-state index is 0.0168. The number of rotatable bonds is 5. The average Bonchev–Trinajstić information content (AvgIpc) is 2.69. The predicted octanol–water partition coefficient (Wildman–Crippen LogP) is 4.66. The number of carbonyl (C=O) groups is 2. The molecule has 2 aromatic carbocycles. The van der Waals surface area contributed by atoms with Crippen molar-refractivity contribution in [3.8, 4) is 0 Å². The normalized spacial score (nSPS) is 10.2. The van der Waals surface area contributed by atoms with Gasteiger partial charge < -0.3 is 15.4 Å². The van der Waals surface area contributed by atoms with E-state index >= 15 is 0 Å². The first-order valence-corrected chi connectivity index (χ1v) is 8.53. The molecule has 2 N–H and O–H groups in total. The smallest absolute Gasteiger partial charge is 0.339 e.